The number of anilines is 1. The SMILES string of the molecule is CCOC(=O)c1cc2sc(N(CCN3CCC(C(=O)N(C)C)CC3)Cc3ccc(OC)cc3)nc2s1. The predicted molar refractivity (Wildman–Crippen MR) is 145 cm³/mol. The largest absolute Gasteiger partial charge is 0.497 e. The van der Waals surface area contributed by atoms with Crippen molar-refractivity contribution in [2.45, 2.75) is 26.3 Å². The van der Waals surface area contributed by atoms with Crippen molar-refractivity contribution in [3.8, 4) is 5.75 Å². The van der Waals surface area contributed by atoms with E-state index in [1.807, 2.05) is 39.2 Å². The third-order valence-electron chi connectivity index (χ3n) is 6.42. The van der Waals surface area contributed by atoms with E-state index in [-0.39, 0.29) is 17.8 Å². The summed E-state index contributed by atoms with van der Waals surface area (Å²) < 4.78 is 11.5. The van der Waals surface area contributed by atoms with E-state index in [2.05, 4.69) is 21.9 Å². The maximum atomic E-state index is 12.3. The van der Waals surface area contributed by atoms with Crippen LogP contribution in [0.4, 0.5) is 5.13 Å². The van der Waals surface area contributed by atoms with Crippen molar-refractivity contribution in [1.82, 2.24) is 14.8 Å². The molecule has 2 aromatic heterocycles. The Balaban J connectivity index is 1.46. The number of thiophene rings is 1. The molecule has 1 saturated heterocycles. The molecule has 0 atom stereocenters. The number of likely N-dealkylation sites (tertiary alicyclic amines) is 1. The van der Waals surface area contributed by atoms with Crippen LogP contribution in [0.3, 0.4) is 0 Å². The second-order valence-electron chi connectivity index (χ2n) is 9.12. The Labute approximate surface area is 220 Å². The number of fused-ring (bicyclic) bond motifs is 1. The van der Waals surface area contributed by atoms with E-state index >= 15 is 0 Å². The lowest BCUT2D eigenvalue weighted by Gasteiger charge is -2.34. The molecule has 0 N–H and O–H groups in total. The number of rotatable bonds is 10. The Morgan fingerprint density at radius 1 is 1.14 bits per heavy atom. The predicted octanol–water partition coefficient (Wildman–Crippen LogP) is 4.35. The van der Waals surface area contributed by atoms with Gasteiger partial charge in [0.25, 0.3) is 0 Å². The summed E-state index contributed by atoms with van der Waals surface area (Å²) in [4.78, 5) is 37.2. The molecule has 0 unspecified atom stereocenters. The van der Waals surface area contributed by atoms with Crippen LogP contribution in [0.2, 0.25) is 0 Å². The maximum absolute atomic E-state index is 12.3. The number of aromatic nitrogens is 1. The Hall–Kier alpha value is -2.69. The van der Waals surface area contributed by atoms with Crippen LogP contribution in [0.15, 0.2) is 30.3 Å². The number of hydrogen-bond donors (Lipinski definition) is 0. The van der Waals surface area contributed by atoms with Gasteiger partial charge in [0.15, 0.2) is 5.13 Å². The van der Waals surface area contributed by atoms with Gasteiger partial charge in [0.2, 0.25) is 5.91 Å². The zero-order valence-corrected chi connectivity index (χ0v) is 23.0. The molecule has 3 aromatic rings. The number of amides is 1. The lowest BCUT2D eigenvalue weighted by atomic mass is 9.95. The van der Waals surface area contributed by atoms with Crippen molar-refractivity contribution in [2.24, 2.45) is 5.92 Å². The highest BCUT2D eigenvalue weighted by Gasteiger charge is 2.26. The third kappa shape index (κ3) is 6.35. The van der Waals surface area contributed by atoms with Crippen LogP contribution >= 0.6 is 22.7 Å². The topological polar surface area (TPSA) is 75.2 Å². The number of hydrogen-bond acceptors (Lipinski definition) is 9. The number of ether oxygens (including phenoxy) is 2. The van der Waals surface area contributed by atoms with Crippen LogP contribution < -0.4 is 9.64 Å². The van der Waals surface area contributed by atoms with E-state index < -0.39 is 0 Å². The van der Waals surface area contributed by atoms with E-state index in [0.29, 0.717) is 11.5 Å². The summed E-state index contributed by atoms with van der Waals surface area (Å²) in [6.45, 7) is 6.48. The molecule has 8 nitrogen and oxygen atoms in total. The fourth-order valence-electron chi connectivity index (χ4n) is 4.39. The molecule has 10 heteroatoms. The molecule has 0 bridgehead atoms. The molecule has 1 amide bonds. The van der Waals surface area contributed by atoms with Crippen LogP contribution in [-0.2, 0) is 16.1 Å². The van der Waals surface area contributed by atoms with Crippen molar-refractivity contribution in [2.75, 3.05) is 58.9 Å². The summed E-state index contributed by atoms with van der Waals surface area (Å²) in [5.41, 5.74) is 1.18. The fourth-order valence-corrected chi connectivity index (χ4v) is 6.52. The number of thiazole rings is 1. The van der Waals surface area contributed by atoms with Gasteiger partial charge in [-0.3, -0.25) is 4.79 Å². The molecule has 0 aliphatic carbocycles. The quantitative estimate of drug-likeness (QED) is 0.361. The van der Waals surface area contributed by atoms with Gasteiger partial charge in [-0.2, -0.15) is 0 Å². The van der Waals surface area contributed by atoms with Gasteiger partial charge in [-0.1, -0.05) is 23.5 Å². The molecular formula is C26H34N4O4S2. The minimum absolute atomic E-state index is 0.131. The zero-order valence-electron chi connectivity index (χ0n) is 21.4. The molecular weight excluding hydrogens is 496 g/mol. The van der Waals surface area contributed by atoms with Crippen LogP contribution in [0.1, 0.15) is 35.0 Å². The van der Waals surface area contributed by atoms with Crippen LogP contribution in [0.5, 0.6) is 5.75 Å². The van der Waals surface area contributed by atoms with Gasteiger partial charge in [-0.15, -0.1) is 11.3 Å². The first-order valence-corrected chi connectivity index (χ1v) is 13.9. The summed E-state index contributed by atoms with van der Waals surface area (Å²) in [5.74, 6) is 0.911. The number of methoxy groups -OCH3 is 1. The van der Waals surface area contributed by atoms with Gasteiger partial charge in [0, 0.05) is 39.6 Å². The zero-order chi connectivity index (χ0) is 25.7. The lowest BCUT2D eigenvalue weighted by Crippen LogP contribution is -2.43. The van der Waals surface area contributed by atoms with E-state index in [0.717, 1.165) is 66.0 Å². The molecule has 0 saturated carbocycles. The molecule has 36 heavy (non-hydrogen) atoms. The Kier molecular flexibility index (Phi) is 8.81. The van der Waals surface area contributed by atoms with Gasteiger partial charge in [-0.05, 0) is 56.6 Å². The van der Waals surface area contributed by atoms with Gasteiger partial charge >= 0.3 is 5.97 Å². The van der Waals surface area contributed by atoms with Crippen LogP contribution in [0.25, 0.3) is 9.53 Å². The first kappa shape index (κ1) is 26.4. The summed E-state index contributed by atoms with van der Waals surface area (Å²) in [5, 5.41) is 0.945. The highest BCUT2D eigenvalue weighted by molar-refractivity contribution is 7.29. The number of carbonyl (C=O) groups excluding carboxylic acids is 2. The molecule has 1 fully saturated rings. The van der Waals surface area contributed by atoms with E-state index in [1.165, 1.54) is 16.9 Å². The van der Waals surface area contributed by atoms with Crippen molar-refractivity contribution < 1.29 is 19.1 Å². The lowest BCUT2D eigenvalue weighted by molar-refractivity contribution is -0.134. The van der Waals surface area contributed by atoms with Gasteiger partial charge in [0.1, 0.15) is 15.5 Å². The Bertz CT molecular complexity index is 1140. The summed E-state index contributed by atoms with van der Waals surface area (Å²) >= 11 is 2.99. The average Bonchev–Trinajstić information content (AvgIpc) is 3.47. The van der Waals surface area contributed by atoms with Crippen LogP contribution in [0, 0.1) is 5.92 Å². The van der Waals surface area contributed by atoms with Gasteiger partial charge < -0.3 is 24.2 Å². The van der Waals surface area contributed by atoms with E-state index in [4.69, 9.17) is 14.5 Å². The fraction of sp³-hybridized carbons (Fsp3) is 0.500. The average molecular weight is 531 g/mol. The van der Waals surface area contributed by atoms with E-state index in [9.17, 15) is 9.59 Å². The van der Waals surface area contributed by atoms with Crippen molar-refractivity contribution in [1.29, 1.82) is 0 Å². The van der Waals surface area contributed by atoms with Crippen molar-refractivity contribution in [3.05, 3.63) is 40.8 Å². The summed E-state index contributed by atoms with van der Waals surface area (Å²) in [7, 11) is 5.34. The molecule has 1 aromatic carbocycles. The Morgan fingerprint density at radius 3 is 2.47 bits per heavy atom. The minimum Gasteiger partial charge on any atom is -0.497 e. The van der Waals surface area contributed by atoms with E-state index in [1.54, 1.807) is 23.3 Å². The maximum Gasteiger partial charge on any atom is 0.348 e. The third-order valence-corrected chi connectivity index (χ3v) is 8.62. The molecule has 4 rings (SSSR count). The monoisotopic (exact) mass is 530 g/mol. The number of piperidine rings is 1. The Morgan fingerprint density at radius 2 is 1.86 bits per heavy atom. The minimum atomic E-state index is -0.291. The van der Waals surface area contributed by atoms with Gasteiger partial charge in [0.05, 0.1) is 18.4 Å². The summed E-state index contributed by atoms with van der Waals surface area (Å²) in [6.07, 6.45) is 1.80. The highest BCUT2D eigenvalue weighted by Crippen LogP contribution is 2.35. The molecule has 1 aliphatic heterocycles. The molecule has 0 spiro atoms. The smallest absolute Gasteiger partial charge is 0.348 e. The highest BCUT2D eigenvalue weighted by atomic mass is 32.1. The first-order chi connectivity index (χ1) is 17.4. The number of nitrogens with zero attached hydrogens (tertiary/aromatic N) is 4. The summed E-state index contributed by atoms with van der Waals surface area (Å²) in [6, 6.07) is 10.0. The molecule has 194 valence electrons. The van der Waals surface area contributed by atoms with Crippen LogP contribution in [-0.4, -0.2) is 80.7 Å². The molecule has 1 aliphatic rings. The molecule has 0 radical (unpaired) electrons. The van der Waals surface area contributed by atoms with Gasteiger partial charge in [-0.25, -0.2) is 9.78 Å². The normalized spacial score (nSPS) is 14.7. The van der Waals surface area contributed by atoms with Crippen molar-refractivity contribution >= 4 is 49.2 Å². The second-order valence-corrected chi connectivity index (χ2v) is 11.2. The second kappa shape index (κ2) is 12.0. The number of esters is 1. The first-order valence-electron chi connectivity index (χ1n) is 12.3. The standard InChI is InChI=1S/C26H34N4O4S2/c1-5-34-25(32)22-16-21-23(35-22)27-26(36-21)30(17-18-6-8-20(33-4)9-7-18)15-14-29-12-10-19(11-13-29)24(31)28(2)3/h6-9,16,19H,5,10-15,17H2,1-4H3. The van der Waals surface area contributed by atoms with Crippen molar-refractivity contribution in [3.63, 3.8) is 0 Å². The number of carbonyl (C=O) groups is 2. The molecule has 3 heterocycles. The number of benzene rings is 1.